The molecule has 0 spiro atoms. The van der Waals surface area contributed by atoms with Gasteiger partial charge in [-0.15, -0.1) is 0 Å². The first kappa shape index (κ1) is 13.3. The zero-order chi connectivity index (χ0) is 13.5. The van der Waals surface area contributed by atoms with Crippen molar-refractivity contribution >= 4 is 11.5 Å². The standard InChI is InChI=1S/C13H20N6/c1-3-6-15-13-9-11(4-7-16-13)14-8-5-12-17-10-19(2)18-12/h4,7,9-10H,3,5-6,8H2,1-2H3,(H2,14,15,16). The van der Waals surface area contributed by atoms with Gasteiger partial charge in [-0.05, 0) is 12.5 Å². The minimum Gasteiger partial charge on any atom is -0.384 e. The smallest absolute Gasteiger partial charge is 0.152 e. The summed E-state index contributed by atoms with van der Waals surface area (Å²) in [5.41, 5.74) is 1.06. The van der Waals surface area contributed by atoms with E-state index in [1.54, 1.807) is 17.2 Å². The molecule has 0 aliphatic rings. The van der Waals surface area contributed by atoms with Crippen molar-refractivity contribution in [2.45, 2.75) is 19.8 Å². The Morgan fingerprint density at radius 3 is 2.84 bits per heavy atom. The van der Waals surface area contributed by atoms with Crippen LogP contribution in [0.2, 0.25) is 0 Å². The summed E-state index contributed by atoms with van der Waals surface area (Å²) in [6.07, 6.45) is 5.42. The normalized spacial score (nSPS) is 10.4. The molecule has 0 aliphatic heterocycles. The first-order chi connectivity index (χ1) is 9.28. The fourth-order valence-corrected chi connectivity index (χ4v) is 1.71. The van der Waals surface area contributed by atoms with Crippen molar-refractivity contribution in [3.05, 3.63) is 30.5 Å². The molecule has 6 heteroatoms. The zero-order valence-electron chi connectivity index (χ0n) is 11.4. The van der Waals surface area contributed by atoms with Gasteiger partial charge in [0.25, 0.3) is 0 Å². The van der Waals surface area contributed by atoms with Crippen LogP contribution < -0.4 is 10.6 Å². The zero-order valence-corrected chi connectivity index (χ0v) is 11.4. The Kier molecular flexibility index (Phi) is 4.72. The second-order valence-electron chi connectivity index (χ2n) is 4.37. The summed E-state index contributed by atoms with van der Waals surface area (Å²) in [5, 5.41) is 10.9. The van der Waals surface area contributed by atoms with E-state index in [2.05, 4.69) is 32.6 Å². The van der Waals surface area contributed by atoms with Gasteiger partial charge < -0.3 is 10.6 Å². The van der Waals surface area contributed by atoms with Gasteiger partial charge in [0.1, 0.15) is 12.1 Å². The quantitative estimate of drug-likeness (QED) is 0.793. The van der Waals surface area contributed by atoms with Crippen molar-refractivity contribution in [3.63, 3.8) is 0 Å². The van der Waals surface area contributed by atoms with Gasteiger partial charge in [-0.3, -0.25) is 4.68 Å². The topological polar surface area (TPSA) is 67.7 Å². The number of aromatic nitrogens is 4. The minimum absolute atomic E-state index is 0.806. The van der Waals surface area contributed by atoms with Gasteiger partial charge in [-0.25, -0.2) is 9.97 Å². The molecule has 2 aromatic heterocycles. The third-order valence-electron chi connectivity index (χ3n) is 2.64. The molecule has 6 nitrogen and oxygen atoms in total. The molecule has 0 saturated carbocycles. The highest BCUT2D eigenvalue weighted by atomic mass is 15.3. The third kappa shape index (κ3) is 4.24. The van der Waals surface area contributed by atoms with Crippen LogP contribution >= 0.6 is 0 Å². The van der Waals surface area contributed by atoms with Gasteiger partial charge in [0.2, 0.25) is 0 Å². The molecule has 102 valence electrons. The Hall–Kier alpha value is -2.11. The predicted octanol–water partition coefficient (Wildman–Crippen LogP) is 1.69. The molecule has 19 heavy (non-hydrogen) atoms. The number of hydrogen-bond donors (Lipinski definition) is 2. The van der Waals surface area contributed by atoms with E-state index in [4.69, 9.17) is 0 Å². The fraction of sp³-hybridized carbons (Fsp3) is 0.462. The largest absolute Gasteiger partial charge is 0.384 e. The number of pyridine rings is 1. The number of aryl methyl sites for hydroxylation is 1. The number of nitrogens with zero attached hydrogens (tertiary/aromatic N) is 4. The van der Waals surface area contributed by atoms with E-state index in [1.165, 1.54) is 0 Å². The molecule has 2 rings (SSSR count). The van der Waals surface area contributed by atoms with Crippen LogP contribution in [0.25, 0.3) is 0 Å². The maximum absolute atomic E-state index is 4.27. The highest BCUT2D eigenvalue weighted by molar-refractivity contribution is 5.51. The lowest BCUT2D eigenvalue weighted by atomic mass is 10.3. The average Bonchev–Trinajstić information content (AvgIpc) is 2.83. The molecule has 2 heterocycles. The van der Waals surface area contributed by atoms with E-state index in [0.29, 0.717) is 0 Å². The second kappa shape index (κ2) is 6.72. The van der Waals surface area contributed by atoms with E-state index in [9.17, 15) is 0 Å². The molecule has 0 aliphatic carbocycles. The average molecular weight is 260 g/mol. The second-order valence-corrected chi connectivity index (χ2v) is 4.37. The molecule has 2 N–H and O–H groups in total. The summed E-state index contributed by atoms with van der Waals surface area (Å²) in [7, 11) is 1.87. The molecule has 0 radical (unpaired) electrons. The van der Waals surface area contributed by atoms with Crippen molar-refractivity contribution in [2.24, 2.45) is 7.05 Å². The molecule has 0 amide bonds. The molecule has 0 atom stereocenters. The molecular formula is C13H20N6. The summed E-state index contributed by atoms with van der Waals surface area (Å²) >= 11 is 0. The number of rotatable bonds is 7. The molecule has 0 aromatic carbocycles. The van der Waals surface area contributed by atoms with Crippen LogP contribution in [0, 0.1) is 0 Å². The SMILES string of the molecule is CCCNc1cc(NCCc2ncn(C)n2)ccn1. The van der Waals surface area contributed by atoms with Crippen LogP contribution in [-0.2, 0) is 13.5 Å². The Morgan fingerprint density at radius 1 is 1.21 bits per heavy atom. The number of hydrogen-bond acceptors (Lipinski definition) is 5. The summed E-state index contributed by atoms with van der Waals surface area (Å²) in [6.45, 7) is 3.88. The molecule has 0 bridgehead atoms. The lowest BCUT2D eigenvalue weighted by Gasteiger charge is -2.08. The van der Waals surface area contributed by atoms with Gasteiger partial charge >= 0.3 is 0 Å². The van der Waals surface area contributed by atoms with Gasteiger partial charge in [-0.1, -0.05) is 6.92 Å². The van der Waals surface area contributed by atoms with Crippen LogP contribution in [-0.4, -0.2) is 32.8 Å². The minimum atomic E-state index is 0.806. The molecule has 0 fully saturated rings. The van der Waals surface area contributed by atoms with Crippen LogP contribution in [0.1, 0.15) is 19.2 Å². The maximum Gasteiger partial charge on any atom is 0.152 e. The van der Waals surface area contributed by atoms with Gasteiger partial charge in [0, 0.05) is 44.5 Å². The predicted molar refractivity (Wildman–Crippen MR) is 76.2 cm³/mol. The summed E-state index contributed by atoms with van der Waals surface area (Å²) in [6, 6.07) is 3.98. The highest BCUT2D eigenvalue weighted by Crippen LogP contribution is 2.11. The van der Waals surface area contributed by atoms with Gasteiger partial charge in [0.15, 0.2) is 5.82 Å². The van der Waals surface area contributed by atoms with Crippen molar-refractivity contribution in [3.8, 4) is 0 Å². The van der Waals surface area contributed by atoms with Crippen molar-refractivity contribution < 1.29 is 0 Å². The Balaban J connectivity index is 1.82. The van der Waals surface area contributed by atoms with E-state index in [-0.39, 0.29) is 0 Å². The number of anilines is 2. The highest BCUT2D eigenvalue weighted by Gasteiger charge is 1.99. The van der Waals surface area contributed by atoms with Crippen molar-refractivity contribution in [1.29, 1.82) is 0 Å². The summed E-state index contributed by atoms with van der Waals surface area (Å²) in [5.74, 6) is 1.76. The number of nitrogens with one attached hydrogen (secondary N) is 2. The lowest BCUT2D eigenvalue weighted by molar-refractivity contribution is 0.742. The fourth-order valence-electron chi connectivity index (χ4n) is 1.71. The molecule has 2 aromatic rings. The summed E-state index contributed by atoms with van der Waals surface area (Å²) < 4.78 is 1.72. The van der Waals surface area contributed by atoms with Crippen molar-refractivity contribution in [2.75, 3.05) is 23.7 Å². The van der Waals surface area contributed by atoms with E-state index in [0.717, 1.165) is 43.3 Å². The third-order valence-corrected chi connectivity index (χ3v) is 2.64. The van der Waals surface area contributed by atoms with Crippen molar-refractivity contribution in [1.82, 2.24) is 19.7 Å². The van der Waals surface area contributed by atoms with Gasteiger partial charge in [0.05, 0.1) is 0 Å². The van der Waals surface area contributed by atoms with Crippen LogP contribution in [0.4, 0.5) is 11.5 Å². The monoisotopic (exact) mass is 260 g/mol. The van der Waals surface area contributed by atoms with Gasteiger partial charge in [-0.2, -0.15) is 5.10 Å². The maximum atomic E-state index is 4.27. The molecule has 0 unspecified atom stereocenters. The molecular weight excluding hydrogens is 240 g/mol. The first-order valence-corrected chi connectivity index (χ1v) is 6.56. The molecule has 0 saturated heterocycles. The lowest BCUT2D eigenvalue weighted by Crippen LogP contribution is -2.07. The Labute approximate surface area is 113 Å². The van der Waals surface area contributed by atoms with Crippen LogP contribution in [0.3, 0.4) is 0 Å². The van der Waals surface area contributed by atoms with Crippen LogP contribution in [0.15, 0.2) is 24.7 Å². The first-order valence-electron chi connectivity index (χ1n) is 6.56. The van der Waals surface area contributed by atoms with E-state index >= 15 is 0 Å². The van der Waals surface area contributed by atoms with Crippen LogP contribution in [0.5, 0.6) is 0 Å². The van der Waals surface area contributed by atoms with E-state index in [1.807, 2.05) is 19.2 Å². The van der Waals surface area contributed by atoms with E-state index < -0.39 is 0 Å². The Morgan fingerprint density at radius 2 is 2.11 bits per heavy atom. The Bertz CT molecular complexity index is 507. The summed E-state index contributed by atoms with van der Waals surface area (Å²) in [4.78, 5) is 8.46.